The van der Waals surface area contributed by atoms with Crippen molar-refractivity contribution in [2.24, 2.45) is 0 Å². The first-order valence-electron chi connectivity index (χ1n) is 10.4. The van der Waals surface area contributed by atoms with Gasteiger partial charge < -0.3 is 24.4 Å². The molecule has 0 aliphatic heterocycles. The van der Waals surface area contributed by atoms with Gasteiger partial charge in [-0.2, -0.15) is 4.98 Å². The Morgan fingerprint density at radius 1 is 1.19 bits per heavy atom. The van der Waals surface area contributed by atoms with Gasteiger partial charge in [0.1, 0.15) is 0 Å². The molecule has 1 atom stereocenters. The molecule has 31 heavy (non-hydrogen) atoms. The predicted octanol–water partition coefficient (Wildman–Crippen LogP) is 4.38. The second-order valence-electron chi connectivity index (χ2n) is 7.25. The molecule has 0 saturated carbocycles. The largest absolute Gasteiger partial charge is 0.490 e. The molecule has 8 nitrogen and oxygen atoms in total. The van der Waals surface area contributed by atoms with Crippen LogP contribution in [0.4, 0.5) is 4.79 Å². The first-order valence-corrected chi connectivity index (χ1v) is 10.4. The number of amides is 1. The first kappa shape index (κ1) is 20.7. The minimum Gasteiger partial charge on any atom is -0.490 e. The predicted molar refractivity (Wildman–Crippen MR) is 114 cm³/mol. The average molecular weight is 423 g/mol. The van der Waals surface area contributed by atoms with Crippen LogP contribution in [-0.2, 0) is 12.8 Å². The summed E-state index contributed by atoms with van der Waals surface area (Å²) in [6, 6.07) is 11.4. The van der Waals surface area contributed by atoms with Crippen LogP contribution in [0.25, 0.3) is 11.4 Å². The maximum absolute atomic E-state index is 11.1. The molecule has 0 bridgehead atoms. The summed E-state index contributed by atoms with van der Waals surface area (Å²) in [6.45, 7) is 4.98. The number of aromatic nitrogens is 2. The van der Waals surface area contributed by atoms with Gasteiger partial charge in [0.2, 0.25) is 11.7 Å². The Hall–Kier alpha value is -3.55. The summed E-state index contributed by atoms with van der Waals surface area (Å²) < 4.78 is 16.8. The zero-order valence-corrected chi connectivity index (χ0v) is 17.6. The monoisotopic (exact) mass is 423 g/mol. The number of rotatable bonds is 8. The van der Waals surface area contributed by atoms with Gasteiger partial charge in [-0.3, -0.25) is 0 Å². The Morgan fingerprint density at radius 2 is 2.00 bits per heavy atom. The summed E-state index contributed by atoms with van der Waals surface area (Å²) >= 11 is 0. The maximum Gasteiger partial charge on any atom is 0.405 e. The van der Waals surface area contributed by atoms with Crippen LogP contribution in [0, 0.1) is 0 Å². The van der Waals surface area contributed by atoms with E-state index < -0.39 is 6.09 Å². The number of carboxylic acid groups (broad SMARTS) is 1. The normalized spacial score (nSPS) is 14.8. The fourth-order valence-electron chi connectivity index (χ4n) is 3.98. The van der Waals surface area contributed by atoms with E-state index in [0.29, 0.717) is 42.8 Å². The van der Waals surface area contributed by atoms with E-state index in [0.717, 1.165) is 35.1 Å². The van der Waals surface area contributed by atoms with Gasteiger partial charge >= 0.3 is 6.09 Å². The van der Waals surface area contributed by atoms with Crippen molar-refractivity contribution in [3.63, 3.8) is 0 Å². The van der Waals surface area contributed by atoms with Crippen LogP contribution in [0.15, 0.2) is 40.9 Å². The molecular formula is C23H25N3O5. The van der Waals surface area contributed by atoms with Crippen molar-refractivity contribution in [2.75, 3.05) is 13.2 Å². The third-order valence-corrected chi connectivity index (χ3v) is 5.24. The van der Waals surface area contributed by atoms with Gasteiger partial charge in [0.15, 0.2) is 11.5 Å². The van der Waals surface area contributed by atoms with E-state index in [1.54, 1.807) is 0 Å². The van der Waals surface area contributed by atoms with Gasteiger partial charge in [-0.25, -0.2) is 4.79 Å². The second-order valence-corrected chi connectivity index (χ2v) is 7.25. The van der Waals surface area contributed by atoms with Crippen LogP contribution < -0.4 is 14.8 Å². The van der Waals surface area contributed by atoms with Crippen LogP contribution in [0.5, 0.6) is 11.5 Å². The van der Waals surface area contributed by atoms with Crippen LogP contribution in [0.2, 0.25) is 0 Å². The van der Waals surface area contributed by atoms with Crippen molar-refractivity contribution < 1.29 is 23.9 Å². The smallest absolute Gasteiger partial charge is 0.405 e. The summed E-state index contributed by atoms with van der Waals surface area (Å²) in [7, 11) is 0. The minimum atomic E-state index is -1.02. The van der Waals surface area contributed by atoms with Crippen molar-refractivity contribution in [1.29, 1.82) is 0 Å². The highest BCUT2D eigenvalue weighted by Gasteiger charge is 2.27. The van der Waals surface area contributed by atoms with E-state index in [2.05, 4.69) is 15.5 Å². The lowest BCUT2D eigenvalue weighted by molar-refractivity contribution is 0.190. The number of benzene rings is 2. The molecule has 8 heteroatoms. The molecule has 162 valence electrons. The fraction of sp³-hybridized carbons (Fsp3) is 0.348. The second kappa shape index (κ2) is 9.07. The third kappa shape index (κ3) is 4.47. The summed E-state index contributed by atoms with van der Waals surface area (Å²) in [4.78, 5) is 15.6. The molecule has 0 saturated heterocycles. The summed E-state index contributed by atoms with van der Waals surface area (Å²) in [6.07, 6.45) is 0.927. The average Bonchev–Trinajstić information content (AvgIpc) is 3.37. The van der Waals surface area contributed by atoms with Gasteiger partial charge in [0.05, 0.1) is 25.7 Å². The molecule has 1 aliphatic carbocycles. The lowest BCUT2D eigenvalue weighted by atomic mass is 10.0. The zero-order valence-electron chi connectivity index (χ0n) is 17.6. The van der Waals surface area contributed by atoms with E-state index in [1.807, 2.05) is 50.2 Å². The van der Waals surface area contributed by atoms with Gasteiger partial charge in [0, 0.05) is 5.56 Å². The van der Waals surface area contributed by atoms with Gasteiger partial charge in [0.25, 0.3) is 0 Å². The molecular weight excluding hydrogens is 398 g/mol. The van der Waals surface area contributed by atoms with Gasteiger partial charge in [-0.1, -0.05) is 29.4 Å². The Balaban J connectivity index is 1.56. The fourth-order valence-corrected chi connectivity index (χ4v) is 3.98. The van der Waals surface area contributed by atoms with E-state index in [4.69, 9.17) is 19.1 Å². The van der Waals surface area contributed by atoms with Crippen LogP contribution in [-0.4, -0.2) is 34.6 Å². The number of hydrogen-bond donors (Lipinski definition) is 2. The molecule has 0 radical (unpaired) electrons. The number of ether oxygens (including phenoxy) is 2. The molecule has 0 fully saturated rings. The Morgan fingerprint density at radius 3 is 2.77 bits per heavy atom. The number of nitrogens with zero attached hydrogens (tertiary/aromatic N) is 2. The van der Waals surface area contributed by atoms with E-state index >= 15 is 0 Å². The van der Waals surface area contributed by atoms with Crippen molar-refractivity contribution in [2.45, 2.75) is 39.2 Å². The van der Waals surface area contributed by atoms with Gasteiger partial charge in [-0.15, -0.1) is 0 Å². The highest BCUT2D eigenvalue weighted by molar-refractivity contribution is 5.68. The van der Waals surface area contributed by atoms with Crippen LogP contribution >= 0.6 is 0 Å². The minimum absolute atomic E-state index is 0.209. The van der Waals surface area contributed by atoms with Crippen molar-refractivity contribution in [1.82, 2.24) is 15.5 Å². The summed E-state index contributed by atoms with van der Waals surface area (Å²) in [5, 5.41) is 15.8. The van der Waals surface area contributed by atoms with E-state index in [1.165, 1.54) is 0 Å². The molecule has 2 N–H and O–H groups in total. The molecule has 4 rings (SSSR count). The Kier molecular flexibility index (Phi) is 6.06. The number of hydrogen-bond acceptors (Lipinski definition) is 6. The van der Waals surface area contributed by atoms with Crippen LogP contribution in [0.1, 0.15) is 48.9 Å². The molecule has 3 aromatic rings. The molecule has 2 aromatic carbocycles. The van der Waals surface area contributed by atoms with E-state index in [-0.39, 0.29) is 6.04 Å². The van der Waals surface area contributed by atoms with Crippen LogP contribution in [0.3, 0.4) is 0 Å². The molecule has 1 heterocycles. The Bertz CT molecular complexity index is 1080. The number of carbonyl (C=O) groups is 1. The lowest BCUT2D eigenvalue weighted by Crippen LogP contribution is -2.24. The standard InChI is InChI=1S/C23H25N3O5/c1-3-29-19-11-8-14(12-20(19)30-4-2)13-21-25-22(26-31-21)17-7-5-6-16-15(17)9-10-18(16)24-23(27)28/h5-8,11-12,18,24H,3-4,9-10,13H2,1-2H3,(H,27,28). The number of nitrogens with one attached hydrogen (secondary N) is 1. The van der Waals surface area contributed by atoms with E-state index in [9.17, 15) is 4.79 Å². The zero-order chi connectivity index (χ0) is 21.8. The molecule has 1 unspecified atom stereocenters. The molecule has 1 aromatic heterocycles. The highest BCUT2D eigenvalue weighted by Crippen LogP contribution is 2.37. The van der Waals surface area contributed by atoms with Crippen molar-refractivity contribution in [3.05, 3.63) is 59.0 Å². The van der Waals surface area contributed by atoms with Gasteiger partial charge in [-0.05, 0) is 55.5 Å². The van der Waals surface area contributed by atoms with Crippen molar-refractivity contribution >= 4 is 6.09 Å². The third-order valence-electron chi connectivity index (χ3n) is 5.24. The highest BCUT2D eigenvalue weighted by atomic mass is 16.5. The topological polar surface area (TPSA) is 107 Å². The summed E-state index contributed by atoms with van der Waals surface area (Å²) in [5.41, 5.74) is 3.89. The molecule has 0 spiro atoms. The number of fused-ring (bicyclic) bond motifs is 1. The SMILES string of the molecule is CCOc1ccc(Cc2nc(-c3cccc4c3CCC4NC(=O)O)no2)cc1OCC. The summed E-state index contributed by atoms with van der Waals surface area (Å²) in [5.74, 6) is 2.42. The maximum atomic E-state index is 11.1. The first-order chi connectivity index (χ1) is 15.1. The quantitative estimate of drug-likeness (QED) is 0.554. The Labute approximate surface area is 180 Å². The molecule has 1 amide bonds. The lowest BCUT2D eigenvalue weighted by Gasteiger charge is -2.12. The molecule has 1 aliphatic rings. The van der Waals surface area contributed by atoms with Crippen molar-refractivity contribution in [3.8, 4) is 22.9 Å².